The average Bonchev–Trinajstić information content (AvgIpc) is 2.72. The fourth-order valence-electron chi connectivity index (χ4n) is 2.60. The molecule has 26 heavy (non-hydrogen) atoms. The fraction of sp³-hybridized carbons (Fsp3) is 0.250. The van der Waals surface area contributed by atoms with Crippen molar-refractivity contribution >= 4 is 0 Å². The van der Waals surface area contributed by atoms with E-state index in [1.807, 2.05) is 113 Å². The minimum Gasteiger partial charge on any atom is -0.378 e. The summed E-state index contributed by atoms with van der Waals surface area (Å²) in [5, 5.41) is 11.5. The number of benzene rings is 3. The molecule has 0 bridgehead atoms. The molecule has 0 spiro atoms. The van der Waals surface area contributed by atoms with E-state index in [2.05, 4.69) is 6.07 Å². The Hall–Kier alpha value is -1.80. The third-order valence-electron chi connectivity index (χ3n) is 3.80. The molecule has 0 aliphatic rings. The third-order valence-corrected chi connectivity index (χ3v) is 3.80. The Morgan fingerprint density at radius 2 is 1.08 bits per heavy atom. The number of hydrogen-bond acceptors (Lipinski definition) is 1. The van der Waals surface area contributed by atoms with Crippen molar-refractivity contribution < 1.29 is 23.7 Å². The first kappa shape index (κ1) is 24.2. The number of rotatable bonds is 3. The molecule has 2 heteroatoms. The van der Waals surface area contributed by atoms with Crippen LogP contribution in [0.3, 0.4) is 0 Å². The summed E-state index contributed by atoms with van der Waals surface area (Å²) in [4.78, 5) is 0. The minimum atomic E-state index is -1.15. The molecule has 1 nitrogen and oxygen atoms in total. The Morgan fingerprint density at radius 3 is 1.58 bits per heavy atom. The summed E-state index contributed by atoms with van der Waals surface area (Å²) < 4.78 is 0. The maximum absolute atomic E-state index is 11.5. The molecule has 0 saturated heterocycles. The van der Waals surface area contributed by atoms with Crippen molar-refractivity contribution in [3.63, 3.8) is 0 Å². The molecule has 3 rings (SSSR count). The number of hydrogen-bond donors (Lipinski definition) is 1. The Balaban J connectivity index is 0.00000117. The van der Waals surface area contributed by atoms with Gasteiger partial charge >= 0.3 is 0 Å². The van der Waals surface area contributed by atoms with Gasteiger partial charge in [0.2, 0.25) is 0 Å². The van der Waals surface area contributed by atoms with Crippen LogP contribution in [0.2, 0.25) is 0 Å². The first-order chi connectivity index (χ1) is 12.2. The monoisotopic (exact) mass is 384 g/mol. The van der Waals surface area contributed by atoms with Crippen LogP contribution in [0.4, 0.5) is 0 Å². The van der Waals surface area contributed by atoms with E-state index in [1.54, 1.807) is 0 Å². The smallest absolute Gasteiger partial charge is 0.118 e. The van der Waals surface area contributed by atoms with Crippen molar-refractivity contribution in [1.29, 1.82) is 0 Å². The van der Waals surface area contributed by atoms with Gasteiger partial charge in [0, 0.05) is 18.6 Å². The van der Waals surface area contributed by atoms with Gasteiger partial charge in [-0.1, -0.05) is 87.9 Å². The Morgan fingerprint density at radius 1 is 0.654 bits per heavy atom. The van der Waals surface area contributed by atoms with Gasteiger partial charge in [-0.05, 0) is 18.1 Å². The average molecular weight is 384 g/mol. The van der Waals surface area contributed by atoms with E-state index < -0.39 is 5.60 Å². The van der Waals surface area contributed by atoms with Crippen LogP contribution in [0.1, 0.15) is 49.9 Å². The Kier molecular flexibility index (Phi) is 11.7. The normalized spacial score (nSPS) is 11.5. The molecule has 0 saturated carbocycles. The molecule has 137 valence electrons. The van der Waals surface area contributed by atoms with Crippen molar-refractivity contribution in [2.75, 3.05) is 0 Å². The van der Waals surface area contributed by atoms with Crippen LogP contribution in [0.5, 0.6) is 0 Å². The second-order valence-electron chi connectivity index (χ2n) is 5.23. The van der Waals surface area contributed by atoms with Gasteiger partial charge in [-0.3, -0.25) is 0 Å². The topological polar surface area (TPSA) is 20.2 Å². The van der Waals surface area contributed by atoms with Crippen LogP contribution in [-0.4, -0.2) is 5.11 Å². The largest absolute Gasteiger partial charge is 0.378 e. The molecular weight excluding hydrogens is 355 g/mol. The predicted octanol–water partition coefficient (Wildman–Crippen LogP) is 6.13. The zero-order valence-electron chi connectivity index (χ0n) is 16.4. The summed E-state index contributed by atoms with van der Waals surface area (Å²) in [5.41, 5.74) is 2.60. The van der Waals surface area contributed by atoms with Crippen LogP contribution >= 0.6 is 0 Å². The van der Waals surface area contributed by atoms with Crippen molar-refractivity contribution in [1.82, 2.24) is 0 Å². The molecule has 0 aromatic heterocycles. The van der Waals surface area contributed by atoms with E-state index in [0.717, 1.165) is 16.7 Å². The number of aryl methyl sites for hydroxylation is 1. The van der Waals surface area contributed by atoms with E-state index >= 15 is 0 Å². The maximum Gasteiger partial charge on any atom is 0.118 e. The minimum absolute atomic E-state index is 0. The SMILES string of the molecule is CC.CC.Cc1ccc(C(O)(c2cc[c-]cc2)c2ccccc2)cc1.[V]. The van der Waals surface area contributed by atoms with Gasteiger partial charge in [0.1, 0.15) is 5.60 Å². The van der Waals surface area contributed by atoms with Gasteiger partial charge in [0.25, 0.3) is 0 Å². The van der Waals surface area contributed by atoms with E-state index in [1.165, 1.54) is 5.56 Å². The van der Waals surface area contributed by atoms with Crippen LogP contribution in [-0.2, 0) is 24.2 Å². The Bertz CT molecular complexity index is 667. The summed E-state index contributed by atoms with van der Waals surface area (Å²) in [6, 6.07) is 28.3. The van der Waals surface area contributed by atoms with Crippen LogP contribution in [0.15, 0.2) is 78.9 Å². The van der Waals surface area contributed by atoms with Crippen molar-refractivity contribution in [2.24, 2.45) is 0 Å². The van der Waals surface area contributed by atoms with Gasteiger partial charge in [0.15, 0.2) is 0 Å². The van der Waals surface area contributed by atoms with Crippen molar-refractivity contribution in [3.8, 4) is 0 Å². The molecule has 0 amide bonds. The quantitative estimate of drug-likeness (QED) is 0.425. The summed E-state index contributed by atoms with van der Waals surface area (Å²) in [7, 11) is 0. The predicted molar refractivity (Wildman–Crippen MR) is 108 cm³/mol. The second-order valence-corrected chi connectivity index (χ2v) is 5.23. The van der Waals surface area contributed by atoms with Gasteiger partial charge < -0.3 is 5.11 Å². The molecule has 1 unspecified atom stereocenters. The number of aliphatic hydroxyl groups is 1. The molecule has 0 aliphatic heterocycles. The third kappa shape index (κ3) is 5.61. The molecule has 0 aliphatic carbocycles. The maximum atomic E-state index is 11.5. The summed E-state index contributed by atoms with van der Waals surface area (Å²) in [5.74, 6) is 0. The van der Waals surface area contributed by atoms with E-state index in [4.69, 9.17) is 0 Å². The van der Waals surface area contributed by atoms with Crippen LogP contribution < -0.4 is 0 Å². The molecular formula is C24H29OV-. The van der Waals surface area contributed by atoms with Crippen molar-refractivity contribution in [3.05, 3.63) is 107 Å². The first-order valence-corrected chi connectivity index (χ1v) is 9.03. The Labute approximate surface area is 171 Å². The van der Waals surface area contributed by atoms with E-state index in [-0.39, 0.29) is 18.6 Å². The molecule has 3 aromatic carbocycles. The van der Waals surface area contributed by atoms with E-state index in [9.17, 15) is 5.11 Å². The van der Waals surface area contributed by atoms with Gasteiger partial charge in [0.05, 0.1) is 0 Å². The molecule has 0 fully saturated rings. The van der Waals surface area contributed by atoms with Gasteiger partial charge in [-0.15, -0.1) is 5.56 Å². The molecule has 1 radical (unpaired) electrons. The molecule has 3 aromatic rings. The zero-order valence-corrected chi connectivity index (χ0v) is 17.8. The summed E-state index contributed by atoms with van der Waals surface area (Å²) >= 11 is 0. The van der Waals surface area contributed by atoms with Gasteiger partial charge in [-0.25, -0.2) is 0 Å². The summed E-state index contributed by atoms with van der Waals surface area (Å²) in [6.07, 6.45) is 0. The van der Waals surface area contributed by atoms with Crippen LogP contribution in [0, 0.1) is 13.0 Å². The molecule has 0 heterocycles. The first-order valence-electron chi connectivity index (χ1n) is 9.03. The standard InChI is InChI=1S/C20H17O.2C2H6.V/c1-16-12-14-19(15-13-16)20(21,17-8-4-2-5-9-17)18-10-6-3-7-11-18;2*1-2;/h2,4-15,21H,1H3;2*1-2H3;/q-1;;;. The van der Waals surface area contributed by atoms with Crippen LogP contribution in [0.25, 0.3) is 0 Å². The second kappa shape index (κ2) is 12.5. The molecule has 1 N–H and O–H groups in total. The van der Waals surface area contributed by atoms with E-state index in [0.29, 0.717) is 0 Å². The van der Waals surface area contributed by atoms with Gasteiger partial charge in [-0.2, -0.15) is 30.3 Å². The van der Waals surface area contributed by atoms with Crippen molar-refractivity contribution in [2.45, 2.75) is 40.2 Å². The fourth-order valence-corrected chi connectivity index (χ4v) is 2.60. The molecule has 1 atom stereocenters. The zero-order chi connectivity index (χ0) is 18.7. The summed E-state index contributed by atoms with van der Waals surface area (Å²) in [6.45, 7) is 10.0.